The number of anilines is 2. The fraction of sp³-hybridized carbons (Fsp3) is 0.333. The first-order valence-electron chi connectivity index (χ1n) is 9.87. The van der Waals surface area contributed by atoms with Crippen molar-refractivity contribution >= 4 is 21.5 Å². The average molecular weight is 412 g/mol. The normalized spacial score (nSPS) is 17.3. The molecule has 1 N–H and O–H groups in total. The Bertz CT molecular complexity index is 1020. The van der Waals surface area contributed by atoms with E-state index in [9.17, 15) is 8.42 Å². The number of H-pyrrole nitrogens is 1. The van der Waals surface area contributed by atoms with Crippen LogP contribution in [0.5, 0.6) is 0 Å². The van der Waals surface area contributed by atoms with Crippen LogP contribution in [0, 0.1) is 0 Å². The number of para-hydroxylation sites is 1. The van der Waals surface area contributed by atoms with Crippen molar-refractivity contribution < 1.29 is 8.42 Å². The van der Waals surface area contributed by atoms with Gasteiger partial charge in [0.05, 0.1) is 5.69 Å². The van der Waals surface area contributed by atoms with Crippen molar-refractivity contribution in [3.63, 3.8) is 0 Å². The van der Waals surface area contributed by atoms with Gasteiger partial charge in [-0.05, 0) is 44.0 Å². The van der Waals surface area contributed by atoms with E-state index in [0.29, 0.717) is 18.2 Å². The fourth-order valence-corrected chi connectivity index (χ4v) is 5.25. The van der Waals surface area contributed by atoms with E-state index < -0.39 is 10.0 Å². The number of rotatable bonds is 6. The molecule has 0 spiro atoms. The van der Waals surface area contributed by atoms with Crippen molar-refractivity contribution in [3.8, 4) is 0 Å². The number of aromatic amines is 1. The topological polar surface area (TPSA) is 82.2 Å². The summed E-state index contributed by atoms with van der Waals surface area (Å²) in [6.07, 6.45) is 7.22. The molecule has 152 valence electrons. The number of nitrogens with one attached hydrogen (secondary N) is 1. The molecule has 1 unspecified atom stereocenters. The molecule has 0 radical (unpaired) electrons. The van der Waals surface area contributed by atoms with Crippen LogP contribution in [-0.4, -0.2) is 43.0 Å². The third-order valence-corrected chi connectivity index (χ3v) is 7.18. The number of pyridine rings is 1. The molecule has 1 saturated heterocycles. The highest BCUT2D eigenvalue weighted by atomic mass is 32.2. The fourth-order valence-electron chi connectivity index (χ4n) is 3.83. The number of hydrogen-bond donors (Lipinski definition) is 1. The Balaban J connectivity index is 1.54. The van der Waals surface area contributed by atoms with Gasteiger partial charge in [-0.2, -0.15) is 0 Å². The van der Waals surface area contributed by atoms with Crippen LogP contribution in [0.3, 0.4) is 0 Å². The largest absolute Gasteiger partial charge is 0.356 e. The van der Waals surface area contributed by atoms with Gasteiger partial charge >= 0.3 is 0 Å². The minimum Gasteiger partial charge on any atom is -0.356 e. The first-order valence-corrected chi connectivity index (χ1v) is 11.3. The van der Waals surface area contributed by atoms with Gasteiger partial charge in [-0.25, -0.2) is 18.4 Å². The number of sulfonamides is 1. The van der Waals surface area contributed by atoms with Crippen molar-refractivity contribution in [1.82, 2.24) is 15.0 Å². The molecule has 7 nitrogen and oxygen atoms in total. The summed E-state index contributed by atoms with van der Waals surface area (Å²) in [5, 5.41) is 0. The molecule has 1 atom stereocenters. The minimum absolute atomic E-state index is 0.201. The van der Waals surface area contributed by atoms with Crippen LogP contribution in [0.1, 0.15) is 31.5 Å². The van der Waals surface area contributed by atoms with Crippen LogP contribution in [0.2, 0.25) is 0 Å². The Morgan fingerprint density at radius 3 is 2.66 bits per heavy atom. The van der Waals surface area contributed by atoms with E-state index in [1.807, 2.05) is 31.3 Å². The van der Waals surface area contributed by atoms with Gasteiger partial charge in [0.1, 0.15) is 16.5 Å². The molecule has 0 amide bonds. The zero-order valence-electron chi connectivity index (χ0n) is 16.4. The monoisotopic (exact) mass is 411 g/mol. The van der Waals surface area contributed by atoms with E-state index in [2.05, 4.69) is 19.9 Å². The lowest BCUT2D eigenvalue weighted by Gasteiger charge is -2.32. The smallest absolute Gasteiger partial charge is 0.265 e. The highest BCUT2D eigenvalue weighted by Crippen LogP contribution is 2.28. The molecule has 1 aromatic carbocycles. The minimum atomic E-state index is -3.66. The van der Waals surface area contributed by atoms with Crippen LogP contribution < -0.4 is 9.21 Å². The van der Waals surface area contributed by atoms with E-state index in [0.717, 1.165) is 37.6 Å². The van der Waals surface area contributed by atoms with E-state index in [-0.39, 0.29) is 4.90 Å². The van der Waals surface area contributed by atoms with Crippen LogP contribution in [0.15, 0.2) is 66.0 Å². The summed E-state index contributed by atoms with van der Waals surface area (Å²) in [6, 6.07) is 12.6. The molecule has 0 bridgehead atoms. The van der Waals surface area contributed by atoms with Crippen LogP contribution >= 0.6 is 0 Å². The molecule has 29 heavy (non-hydrogen) atoms. The average Bonchev–Trinajstić information content (AvgIpc) is 3.30. The summed E-state index contributed by atoms with van der Waals surface area (Å²) >= 11 is 0. The van der Waals surface area contributed by atoms with Gasteiger partial charge in [0.25, 0.3) is 10.0 Å². The van der Waals surface area contributed by atoms with Gasteiger partial charge in [-0.3, -0.25) is 4.31 Å². The quantitative estimate of drug-likeness (QED) is 0.672. The van der Waals surface area contributed by atoms with Gasteiger partial charge in [-0.1, -0.05) is 18.2 Å². The lowest BCUT2D eigenvalue weighted by Crippen LogP contribution is -2.35. The maximum absolute atomic E-state index is 13.1. The maximum atomic E-state index is 13.1. The van der Waals surface area contributed by atoms with Gasteiger partial charge in [-0.15, -0.1) is 0 Å². The Morgan fingerprint density at radius 1 is 1.17 bits per heavy atom. The summed E-state index contributed by atoms with van der Waals surface area (Å²) in [5.41, 5.74) is 0.649. The number of imidazole rings is 1. The second-order valence-corrected chi connectivity index (χ2v) is 8.98. The van der Waals surface area contributed by atoms with Crippen LogP contribution in [0.4, 0.5) is 11.5 Å². The van der Waals surface area contributed by atoms with E-state index >= 15 is 0 Å². The zero-order valence-corrected chi connectivity index (χ0v) is 17.2. The molecule has 3 heterocycles. The van der Waals surface area contributed by atoms with Crippen molar-refractivity contribution in [2.45, 2.75) is 30.6 Å². The van der Waals surface area contributed by atoms with Crippen molar-refractivity contribution in [2.24, 2.45) is 0 Å². The molecule has 1 aliphatic rings. The van der Waals surface area contributed by atoms with Gasteiger partial charge in [0.2, 0.25) is 0 Å². The first-order chi connectivity index (χ1) is 14.1. The molecule has 8 heteroatoms. The molecule has 2 aromatic heterocycles. The predicted octanol–water partition coefficient (Wildman–Crippen LogP) is 3.40. The number of hydrogen-bond acceptors (Lipinski definition) is 5. The van der Waals surface area contributed by atoms with E-state index in [1.165, 1.54) is 10.5 Å². The molecular weight excluding hydrogens is 386 g/mol. The molecule has 3 aromatic rings. The Hall–Kier alpha value is -2.87. The predicted molar refractivity (Wildman–Crippen MR) is 114 cm³/mol. The number of benzene rings is 1. The lowest BCUT2D eigenvalue weighted by molar-refractivity contribution is 0.491. The van der Waals surface area contributed by atoms with E-state index in [4.69, 9.17) is 0 Å². The molecule has 1 fully saturated rings. The Morgan fingerprint density at radius 2 is 2.00 bits per heavy atom. The maximum Gasteiger partial charge on any atom is 0.265 e. The SMILES string of the molecule is CCN(c1ccccc1)S(=O)(=O)c1ccc(N2CCCC(c3ncc[nH]3)C2)nc1. The summed E-state index contributed by atoms with van der Waals surface area (Å²) in [6.45, 7) is 3.90. The Labute approximate surface area is 171 Å². The number of aromatic nitrogens is 3. The molecule has 1 aliphatic heterocycles. The van der Waals surface area contributed by atoms with Crippen LogP contribution in [-0.2, 0) is 10.0 Å². The van der Waals surface area contributed by atoms with Gasteiger partial charge in [0, 0.05) is 44.1 Å². The molecule has 4 rings (SSSR count). The summed E-state index contributed by atoms with van der Waals surface area (Å²) in [4.78, 5) is 14.5. The third-order valence-electron chi connectivity index (χ3n) is 5.29. The van der Waals surface area contributed by atoms with Crippen molar-refractivity contribution in [3.05, 3.63) is 66.9 Å². The zero-order chi connectivity index (χ0) is 20.3. The van der Waals surface area contributed by atoms with Crippen LogP contribution in [0.25, 0.3) is 0 Å². The van der Waals surface area contributed by atoms with Gasteiger partial charge < -0.3 is 9.88 Å². The summed E-state index contributed by atoms with van der Waals surface area (Å²) in [5.74, 6) is 2.12. The Kier molecular flexibility index (Phi) is 5.53. The van der Waals surface area contributed by atoms with Crippen molar-refractivity contribution in [2.75, 3.05) is 28.8 Å². The van der Waals surface area contributed by atoms with E-state index in [1.54, 1.807) is 30.5 Å². The second kappa shape index (κ2) is 8.24. The second-order valence-electron chi connectivity index (χ2n) is 7.12. The first kappa shape index (κ1) is 19.4. The van der Waals surface area contributed by atoms with Gasteiger partial charge in [0.15, 0.2) is 0 Å². The molecular formula is C21H25N5O2S. The lowest BCUT2D eigenvalue weighted by atomic mass is 9.97. The number of piperidine rings is 1. The molecule has 0 saturated carbocycles. The van der Waals surface area contributed by atoms with Crippen molar-refractivity contribution in [1.29, 1.82) is 0 Å². The highest BCUT2D eigenvalue weighted by molar-refractivity contribution is 7.92. The summed E-state index contributed by atoms with van der Waals surface area (Å²) < 4.78 is 27.6. The summed E-state index contributed by atoms with van der Waals surface area (Å²) in [7, 11) is -3.66. The molecule has 0 aliphatic carbocycles. The number of nitrogens with zero attached hydrogens (tertiary/aromatic N) is 4. The highest BCUT2D eigenvalue weighted by Gasteiger charge is 2.26. The standard InChI is InChI=1S/C21H25N5O2S/c1-2-26(18-8-4-3-5-9-18)29(27,28)19-10-11-20(24-15-19)25-14-6-7-17(16-25)21-22-12-13-23-21/h3-5,8-13,15,17H,2,6-7,14,16H2,1H3,(H,22,23). The third kappa shape index (κ3) is 3.98.